The predicted molar refractivity (Wildman–Crippen MR) is 61.4 cm³/mol. The average Bonchev–Trinajstić information content (AvgIpc) is 2.31. The average molecular weight is 223 g/mol. The minimum atomic E-state index is -0.575. The SMILES string of the molecule is Cc1cccc(C=O)c1.OC1CNCCO1. The zero-order valence-corrected chi connectivity index (χ0v) is 9.35. The second-order valence-corrected chi connectivity index (χ2v) is 3.56. The van der Waals surface area contributed by atoms with E-state index in [9.17, 15) is 4.79 Å². The lowest BCUT2D eigenvalue weighted by Crippen LogP contribution is -2.38. The van der Waals surface area contributed by atoms with Gasteiger partial charge in [-0.15, -0.1) is 0 Å². The number of aryl methyl sites for hydroxylation is 1. The summed E-state index contributed by atoms with van der Waals surface area (Å²) in [6, 6.07) is 7.49. The normalized spacial score (nSPS) is 19.5. The van der Waals surface area contributed by atoms with E-state index in [1.54, 1.807) is 6.07 Å². The molecule has 1 saturated heterocycles. The maximum Gasteiger partial charge on any atom is 0.167 e. The number of hydrogen-bond donors (Lipinski definition) is 2. The van der Waals surface area contributed by atoms with Gasteiger partial charge in [0.05, 0.1) is 6.61 Å². The first-order chi connectivity index (χ1) is 7.72. The van der Waals surface area contributed by atoms with Crippen LogP contribution in [0.3, 0.4) is 0 Å². The molecule has 16 heavy (non-hydrogen) atoms. The molecule has 0 amide bonds. The van der Waals surface area contributed by atoms with Crippen molar-refractivity contribution >= 4 is 6.29 Å². The molecule has 0 bridgehead atoms. The van der Waals surface area contributed by atoms with Crippen LogP contribution in [0.1, 0.15) is 15.9 Å². The molecule has 1 heterocycles. The van der Waals surface area contributed by atoms with E-state index in [2.05, 4.69) is 5.32 Å². The molecule has 1 aromatic rings. The Hall–Kier alpha value is -1.23. The quantitative estimate of drug-likeness (QED) is 0.689. The van der Waals surface area contributed by atoms with Crippen LogP contribution in [0, 0.1) is 6.92 Å². The van der Waals surface area contributed by atoms with Crippen LogP contribution in [0.15, 0.2) is 24.3 Å². The van der Waals surface area contributed by atoms with Gasteiger partial charge >= 0.3 is 0 Å². The van der Waals surface area contributed by atoms with E-state index in [4.69, 9.17) is 9.84 Å². The summed E-state index contributed by atoms with van der Waals surface area (Å²) in [5.74, 6) is 0. The molecular formula is C12H17NO3. The number of carbonyl (C=O) groups excluding carboxylic acids is 1. The van der Waals surface area contributed by atoms with E-state index < -0.39 is 6.29 Å². The summed E-state index contributed by atoms with van der Waals surface area (Å²) in [5, 5.41) is 11.6. The van der Waals surface area contributed by atoms with Gasteiger partial charge in [-0.25, -0.2) is 0 Å². The largest absolute Gasteiger partial charge is 0.367 e. The molecule has 88 valence electrons. The fourth-order valence-corrected chi connectivity index (χ4v) is 1.30. The number of aliphatic hydroxyl groups excluding tert-OH is 1. The molecule has 2 rings (SSSR count). The third-order valence-corrected chi connectivity index (χ3v) is 2.09. The molecule has 1 atom stereocenters. The first-order valence-corrected chi connectivity index (χ1v) is 5.24. The highest BCUT2D eigenvalue weighted by atomic mass is 16.6. The Kier molecular flexibility index (Phi) is 5.71. The highest BCUT2D eigenvalue weighted by Crippen LogP contribution is 1.99. The standard InChI is InChI=1S/C8H8O.C4H9NO2/c1-7-3-2-4-8(5-7)6-9;6-4-3-5-1-2-7-4/h2-6H,1H3;4-6H,1-3H2. The van der Waals surface area contributed by atoms with Gasteiger partial charge in [0.2, 0.25) is 0 Å². The number of aliphatic hydroxyl groups is 1. The number of hydrogen-bond acceptors (Lipinski definition) is 4. The van der Waals surface area contributed by atoms with Gasteiger partial charge in [-0.1, -0.05) is 23.8 Å². The Morgan fingerprint density at radius 2 is 2.38 bits per heavy atom. The fourth-order valence-electron chi connectivity index (χ4n) is 1.30. The lowest BCUT2D eigenvalue weighted by atomic mass is 10.2. The van der Waals surface area contributed by atoms with Gasteiger partial charge < -0.3 is 15.2 Å². The lowest BCUT2D eigenvalue weighted by Gasteiger charge is -2.17. The van der Waals surface area contributed by atoms with Crippen LogP contribution in [0.5, 0.6) is 0 Å². The van der Waals surface area contributed by atoms with E-state index in [1.807, 2.05) is 25.1 Å². The van der Waals surface area contributed by atoms with Gasteiger partial charge in [0.1, 0.15) is 6.29 Å². The highest BCUT2D eigenvalue weighted by Gasteiger charge is 2.06. The van der Waals surface area contributed by atoms with Crippen molar-refractivity contribution in [1.82, 2.24) is 5.32 Å². The Balaban J connectivity index is 0.000000165. The van der Waals surface area contributed by atoms with Gasteiger partial charge in [-0.05, 0) is 13.0 Å². The Labute approximate surface area is 95.2 Å². The molecule has 4 nitrogen and oxygen atoms in total. The topological polar surface area (TPSA) is 58.6 Å². The second kappa shape index (κ2) is 7.11. The molecule has 0 radical (unpaired) electrons. The number of carbonyl (C=O) groups is 1. The van der Waals surface area contributed by atoms with Gasteiger partial charge in [-0.3, -0.25) is 4.79 Å². The summed E-state index contributed by atoms with van der Waals surface area (Å²) in [7, 11) is 0. The third kappa shape index (κ3) is 5.02. The van der Waals surface area contributed by atoms with Crippen LogP contribution in [-0.2, 0) is 4.74 Å². The number of benzene rings is 1. The number of aldehydes is 1. The smallest absolute Gasteiger partial charge is 0.167 e. The van der Waals surface area contributed by atoms with Crippen LogP contribution in [0.4, 0.5) is 0 Å². The molecule has 2 N–H and O–H groups in total. The van der Waals surface area contributed by atoms with Crippen molar-refractivity contribution < 1.29 is 14.6 Å². The Morgan fingerprint density at radius 3 is 2.75 bits per heavy atom. The Bertz CT molecular complexity index is 322. The second-order valence-electron chi connectivity index (χ2n) is 3.56. The van der Waals surface area contributed by atoms with Crippen LogP contribution >= 0.6 is 0 Å². The van der Waals surface area contributed by atoms with Crippen molar-refractivity contribution in [3.8, 4) is 0 Å². The van der Waals surface area contributed by atoms with Gasteiger partial charge in [0.25, 0.3) is 0 Å². The summed E-state index contributed by atoms with van der Waals surface area (Å²) in [4.78, 5) is 10.2. The minimum Gasteiger partial charge on any atom is -0.367 e. The zero-order chi connectivity index (χ0) is 11.8. The molecule has 1 aliphatic rings. The summed E-state index contributed by atoms with van der Waals surface area (Å²) in [6.45, 7) is 4.02. The summed E-state index contributed by atoms with van der Waals surface area (Å²) < 4.78 is 4.77. The number of morpholine rings is 1. The van der Waals surface area contributed by atoms with Crippen LogP contribution in [-0.4, -0.2) is 37.4 Å². The van der Waals surface area contributed by atoms with Crippen molar-refractivity contribution in [1.29, 1.82) is 0 Å². The zero-order valence-electron chi connectivity index (χ0n) is 9.35. The first-order valence-electron chi connectivity index (χ1n) is 5.24. The van der Waals surface area contributed by atoms with E-state index in [1.165, 1.54) is 0 Å². The predicted octanol–water partition coefficient (Wildman–Crippen LogP) is 0.732. The number of nitrogens with one attached hydrogen (secondary N) is 1. The van der Waals surface area contributed by atoms with Crippen LogP contribution in [0.25, 0.3) is 0 Å². The minimum absolute atomic E-state index is 0.569. The molecular weight excluding hydrogens is 206 g/mol. The van der Waals surface area contributed by atoms with Crippen molar-refractivity contribution in [3.05, 3.63) is 35.4 Å². The summed E-state index contributed by atoms with van der Waals surface area (Å²) in [5.41, 5.74) is 1.87. The van der Waals surface area contributed by atoms with Crippen LogP contribution in [0.2, 0.25) is 0 Å². The number of rotatable bonds is 1. The van der Waals surface area contributed by atoms with Crippen molar-refractivity contribution in [2.24, 2.45) is 0 Å². The maximum atomic E-state index is 10.2. The molecule has 1 aliphatic heterocycles. The number of ether oxygens (including phenoxy) is 1. The van der Waals surface area contributed by atoms with Crippen molar-refractivity contribution in [2.45, 2.75) is 13.2 Å². The Morgan fingerprint density at radius 1 is 1.56 bits per heavy atom. The first kappa shape index (κ1) is 12.8. The van der Waals surface area contributed by atoms with Crippen molar-refractivity contribution in [3.63, 3.8) is 0 Å². The molecule has 0 aliphatic carbocycles. The monoisotopic (exact) mass is 223 g/mol. The highest BCUT2D eigenvalue weighted by molar-refractivity contribution is 5.74. The maximum absolute atomic E-state index is 10.2. The van der Waals surface area contributed by atoms with E-state index in [-0.39, 0.29) is 0 Å². The molecule has 4 heteroatoms. The van der Waals surface area contributed by atoms with Crippen molar-refractivity contribution in [2.75, 3.05) is 19.7 Å². The number of β-amino-alcohol motifs (C(OH)–C–C–N with tert-alkyl or cyclic N) is 1. The van der Waals surface area contributed by atoms with Gasteiger partial charge in [-0.2, -0.15) is 0 Å². The van der Waals surface area contributed by atoms with Crippen LogP contribution < -0.4 is 5.32 Å². The summed E-state index contributed by atoms with van der Waals surface area (Å²) in [6.07, 6.45) is 0.279. The molecule has 1 aromatic carbocycles. The molecule has 1 fully saturated rings. The molecule has 0 aromatic heterocycles. The molecule has 0 saturated carbocycles. The summed E-state index contributed by atoms with van der Waals surface area (Å²) >= 11 is 0. The van der Waals surface area contributed by atoms with E-state index in [0.29, 0.717) is 13.2 Å². The lowest BCUT2D eigenvalue weighted by molar-refractivity contribution is -0.112. The fraction of sp³-hybridized carbons (Fsp3) is 0.417. The van der Waals surface area contributed by atoms with E-state index >= 15 is 0 Å². The van der Waals surface area contributed by atoms with Gasteiger partial charge in [0.15, 0.2) is 6.29 Å². The molecule has 1 unspecified atom stereocenters. The molecule has 0 spiro atoms. The third-order valence-electron chi connectivity index (χ3n) is 2.09. The van der Waals surface area contributed by atoms with Gasteiger partial charge in [0, 0.05) is 18.7 Å². The van der Waals surface area contributed by atoms with E-state index in [0.717, 1.165) is 24.0 Å².